The molecule has 28 heavy (non-hydrogen) atoms. The molecule has 0 saturated carbocycles. The van der Waals surface area contributed by atoms with E-state index in [1.807, 2.05) is 18.2 Å². The van der Waals surface area contributed by atoms with Gasteiger partial charge in [0.05, 0.1) is 32.5 Å². The highest BCUT2D eigenvalue weighted by atomic mass is 79.9. The van der Waals surface area contributed by atoms with Gasteiger partial charge in [-0.25, -0.2) is 0 Å². The van der Waals surface area contributed by atoms with Crippen LogP contribution in [-0.4, -0.2) is 31.3 Å². The molecule has 0 spiro atoms. The van der Waals surface area contributed by atoms with E-state index in [2.05, 4.69) is 25.9 Å². The summed E-state index contributed by atoms with van der Waals surface area (Å²) < 4.78 is 22.9. The van der Waals surface area contributed by atoms with Crippen LogP contribution in [0, 0.1) is 0 Å². The van der Waals surface area contributed by atoms with Gasteiger partial charge in [-0.15, -0.1) is 0 Å². The number of H-pyrrole nitrogens is 1. The van der Waals surface area contributed by atoms with Crippen molar-refractivity contribution in [2.45, 2.75) is 6.42 Å². The van der Waals surface area contributed by atoms with Crippen LogP contribution < -0.4 is 24.5 Å². The molecule has 1 aliphatic rings. The molecule has 7 nitrogen and oxygen atoms in total. The lowest BCUT2D eigenvalue weighted by Crippen LogP contribution is -2.20. The first kappa shape index (κ1) is 18.4. The molecule has 0 unspecified atom stereocenters. The van der Waals surface area contributed by atoms with Crippen molar-refractivity contribution in [1.82, 2.24) is 9.97 Å². The average Bonchev–Trinajstić information content (AvgIpc) is 2.71. The van der Waals surface area contributed by atoms with E-state index < -0.39 is 0 Å². The Morgan fingerprint density at radius 2 is 1.75 bits per heavy atom. The predicted molar refractivity (Wildman–Crippen MR) is 107 cm³/mol. The summed E-state index contributed by atoms with van der Waals surface area (Å²) in [5.41, 5.74) is 1.70. The van der Waals surface area contributed by atoms with Gasteiger partial charge in [0.25, 0.3) is 5.56 Å². The van der Waals surface area contributed by atoms with Crippen LogP contribution in [0.3, 0.4) is 0 Å². The van der Waals surface area contributed by atoms with E-state index in [-0.39, 0.29) is 11.4 Å². The van der Waals surface area contributed by atoms with Gasteiger partial charge >= 0.3 is 0 Å². The lowest BCUT2D eigenvalue weighted by atomic mass is 10.0. The molecule has 3 aromatic rings. The van der Waals surface area contributed by atoms with Crippen LogP contribution in [0.2, 0.25) is 0 Å². The normalized spacial score (nSPS) is 11.9. The Labute approximate surface area is 169 Å². The molecular formula is C20H17BrN2O5. The number of aromatic amines is 1. The van der Waals surface area contributed by atoms with Crippen molar-refractivity contribution in [3.63, 3.8) is 0 Å². The van der Waals surface area contributed by atoms with E-state index in [0.29, 0.717) is 46.4 Å². The summed E-state index contributed by atoms with van der Waals surface area (Å²) in [5.74, 6) is 2.78. The van der Waals surface area contributed by atoms with Crippen molar-refractivity contribution in [2.75, 3.05) is 21.3 Å². The molecule has 0 radical (unpaired) electrons. The summed E-state index contributed by atoms with van der Waals surface area (Å²) in [6, 6.07) is 9.05. The second-order valence-electron chi connectivity index (χ2n) is 6.14. The summed E-state index contributed by atoms with van der Waals surface area (Å²) >= 11 is 3.44. The van der Waals surface area contributed by atoms with Gasteiger partial charge < -0.3 is 23.9 Å². The lowest BCUT2D eigenvalue weighted by molar-refractivity contribution is 0.349. The molecule has 0 amide bonds. The van der Waals surface area contributed by atoms with Gasteiger partial charge in [0.1, 0.15) is 17.3 Å². The van der Waals surface area contributed by atoms with E-state index in [0.717, 1.165) is 10.0 Å². The van der Waals surface area contributed by atoms with Crippen molar-refractivity contribution < 1.29 is 18.9 Å². The van der Waals surface area contributed by atoms with Crippen LogP contribution >= 0.6 is 15.9 Å². The number of fused-ring (bicyclic) bond motifs is 2. The Bertz CT molecular complexity index is 1130. The summed E-state index contributed by atoms with van der Waals surface area (Å²) in [7, 11) is 4.61. The molecule has 144 valence electrons. The standard InChI is InChI=1S/C20H17BrN2O5/c1-25-15-9-17(27-3)16(26-2)8-12(15)18-22-19(24)13-7-10-6-11(21)4-5-14(10)28-20(13)23-18/h4-6,8-9H,7H2,1-3H3,(H,22,23,24). The molecule has 2 aromatic carbocycles. The van der Waals surface area contributed by atoms with E-state index >= 15 is 0 Å². The van der Waals surface area contributed by atoms with Crippen LogP contribution in [0.5, 0.6) is 28.9 Å². The first-order valence-corrected chi connectivity index (χ1v) is 9.23. The molecule has 1 N–H and O–H groups in total. The smallest absolute Gasteiger partial charge is 0.258 e. The highest BCUT2D eigenvalue weighted by Crippen LogP contribution is 2.40. The fourth-order valence-electron chi connectivity index (χ4n) is 3.14. The average molecular weight is 445 g/mol. The number of rotatable bonds is 4. The molecule has 2 heterocycles. The molecule has 0 fully saturated rings. The monoisotopic (exact) mass is 444 g/mol. The molecular weight excluding hydrogens is 428 g/mol. The Morgan fingerprint density at radius 3 is 2.46 bits per heavy atom. The number of benzene rings is 2. The van der Waals surface area contributed by atoms with Gasteiger partial charge in [0.15, 0.2) is 11.5 Å². The minimum absolute atomic E-state index is 0.262. The first-order valence-electron chi connectivity index (χ1n) is 8.44. The highest BCUT2D eigenvalue weighted by Gasteiger charge is 2.24. The number of methoxy groups -OCH3 is 3. The Hall–Kier alpha value is -3.00. The fraction of sp³-hybridized carbons (Fsp3) is 0.200. The van der Waals surface area contributed by atoms with Gasteiger partial charge in [0.2, 0.25) is 5.88 Å². The number of nitrogens with one attached hydrogen (secondary N) is 1. The van der Waals surface area contributed by atoms with Gasteiger partial charge in [-0.1, -0.05) is 15.9 Å². The van der Waals surface area contributed by atoms with Crippen molar-refractivity contribution in [3.05, 3.63) is 56.3 Å². The summed E-state index contributed by atoms with van der Waals surface area (Å²) in [6.07, 6.45) is 0.440. The van der Waals surface area contributed by atoms with E-state index in [1.165, 1.54) is 14.2 Å². The molecule has 1 aliphatic heterocycles. The van der Waals surface area contributed by atoms with Crippen molar-refractivity contribution >= 4 is 15.9 Å². The molecule has 1 aromatic heterocycles. The SMILES string of the molecule is COc1cc(OC)c(-c2nc3c(c(=O)[nH]2)Cc2cc(Br)ccc2O3)cc1OC. The van der Waals surface area contributed by atoms with Crippen LogP contribution in [0.4, 0.5) is 0 Å². The minimum atomic E-state index is -0.262. The largest absolute Gasteiger partial charge is 0.496 e. The molecule has 0 atom stereocenters. The lowest BCUT2D eigenvalue weighted by Gasteiger charge is -2.20. The quantitative estimate of drug-likeness (QED) is 0.513. The molecule has 0 bridgehead atoms. The van der Waals surface area contributed by atoms with Crippen molar-refractivity contribution in [1.29, 1.82) is 0 Å². The zero-order valence-corrected chi connectivity index (χ0v) is 17.0. The fourth-order valence-corrected chi connectivity index (χ4v) is 3.55. The number of hydrogen-bond acceptors (Lipinski definition) is 6. The minimum Gasteiger partial charge on any atom is -0.496 e. The number of hydrogen-bond donors (Lipinski definition) is 1. The van der Waals surface area contributed by atoms with Gasteiger partial charge in [-0.05, 0) is 24.3 Å². The summed E-state index contributed by atoms with van der Waals surface area (Å²) in [6.45, 7) is 0. The Balaban J connectivity index is 1.84. The van der Waals surface area contributed by atoms with Gasteiger partial charge in [-0.3, -0.25) is 4.79 Å². The second-order valence-corrected chi connectivity index (χ2v) is 7.05. The highest BCUT2D eigenvalue weighted by molar-refractivity contribution is 9.10. The van der Waals surface area contributed by atoms with Crippen molar-refractivity contribution in [2.24, 2.45) is 0 Å². The van der Waals surface area contributed by atoms with E-state index in [1.54, 1.807) is 19.2 Å². The Morgan fingerprint density at radius 1 is 1.04 bits per heavy atom. The van der Waals surface area contributed by atoms with Gasteiger partial charge in [-0.2, -0.15) is 4.98 Å². The molecule has 8 heteroatoms. The van der Waals surface area contributed by atoms with Crippen molar-refractivity contribution in [3.8, 4) is 40.3 Å². The number of nitrogens with zero attached hydrogens (tertiary/aromatic N) is 1. The predicted octanol–water partition coefficient (Wildman–Crippen LogP) is 3.92. The zero-order chi connectivity index (χ0) is 19.8. The third-order valence-corrected chi connectivity index (χ3v) is 5.03. The van der Waals surface area contributed by atoms with Crippen LogP contribution in [0.25, 0.3) is 11.4 Å². The number of halogens is 1. The van der Waals surface area contributed by atoms with E-state index in [4.69, 9.17) is 18.9 Å². The first-order chi connectivity index (χ1) is 13.5. The summed E-state index contributed by atoms with van der Waals surface area (Å²) in [4.78, 5) is 20.1. The number of aromatic nitrogens is 2. The van der Waals surface area contributed by atoms with Crippen LogP contribution in [-0.2, 0) is 6.42 Å². The molecule has 4 rings (SSSR count). The maximum Gasteiger partial charge on any atom is 0.258 e. The molecule has 0 aliphatic carbocycles. The van der Waals surface area contributed by atoms with E-state index in [9.17, 15) is 4.79 Å². The third-order valence-electron chi connectivity index (χ3n) is 4.53. The Kier molecular flexibility index (Phi) is 4.72. The van der Waals surface area contributed by atoms with Crippen LogP contribution in [0.15, 0.2) is 39.6 Å². The van der Waals surface area contributed by atoms with Gasteiger partial charge in [0, 0.05) is 22.5 Å². The molecule has 0 saturated heterocycles. The number of ether oxygens (including phenoxy) is 4. The third kappa shape index (κ3) is 3.09. The topological polar surface area (TPSA) is 82.7 Å². The van der Waals surface area contributed by atoms with Crippen LogP contribution in [0.1, 0.15) is 11.1 Å². The second kappa shape index (κ2) is 7.20. The maximum atomic E-state index is 12.7. The maximum absolute atomic E-state index is 12.7. The summed E-state index contributed by atoms with van der Waals surface area (Å²) in [5, 5.41) is 0. The zero-order valence-electron chi connectivity index (χ0n) is 15.5.